The minimum atomic E-state index is -2.30. The summed E-state index contributed by atoms with van der Waals surface area (Å²) in [6.07, 6.45) is 0. The molecule has 2 unspecified atom stereocenters. The first kappa shape index (κ1) is 20.4. The third kappa shape index (κ3) is 10.2. The summed E-state index contributed by atoms with van der Waals surface area (Å²) in [4.78, 5) is 23.0. The molecule has 0 saturated heterocycles. The minimum absolute atomic E-state index is 0.00790. The van der Waals surface area contributed by atoms with Crippen molar-refractivity contribution < 1.29 is 30.0 Å². The lowest BCUT2D eigenvalue weighted by Gasteiger charge is -2.20. The van der Waals surface area contributed by atoms with E-state index in [2.05, 4.69) is 10.2 Å². The van der Waals surface area contributed by atoms with E-state index in [1.807, 2.05) is 10.6 Å². The lowest BCUT2D eigenvalue weighted by atomic mass is 10.1. The monoisotopic (exact) mass is 320 g/mol. The smallest absolute Gasteiger partial charge is 0.243 e. The highest BCUT2D eigenvalue weighted by atomic mass is 16.5. The zero-order valence-corrected chi connectivity index (χ0v) is 13.1. The Morgan fingerprint density at radius 2 is 1.14 bits per heavy atom. The number of carbonyl (C=O) groups excluding carboxylic acids is 2. The number of hydrogen-bond acceptors (Lipinski definition) is 8. The number of rotatable bonds is 8. The number of aliphatic hydroxyl groups is 4. The van der Waals surface area contributed by atoms with Crippen LogP contribution in [-0.4, -0.2) is 57.2 Å². The predicted molar refractivity (Wildman–Crippen MR) is 74.9 cm³/mol. The highest BCUT2D eigenvalue weighted by Crippen LogP contribution is 2.03. The molecule has 0 aliphatic heterocycles. The molecular formula is C12H24N4O6. The Hall–Kier alpha value is -1.62. The van der Waals surface area contributed by atoms with Gasteiger partial charge in [0.1, 0.15) is 0 Å². The molecule has 10 heteroatoms. The van der Waals surface area contributed by atoms with Gasteiger partial charge in [-0.2, -0.15) is 10.2 Å². The molecular weight excluding hydrogens is 296 g/mol. The maximum absolute atomic E-state index is 11.5. The number of amides is 2. The Kier molecular flexibility index (Phi) is 7.53. The van der Waals surface area contributed by atoms with Gasteiger partial charge in [-0.3, -0.25) is 9.59 Å². The molecule has 2 atom stereocenters. The fourth-order valence-electron chi connectivity index (χ4n) is 1.24. The van der Waals surface area contributed by atoms with Gasteiger partial charge < -0.3 is 31.1 Å². The molecule has 0 aromatic rings. The normalized spacial score (nSPS) is 15.5. The molecule has 0 bridgehead atoms. The molecule has 0 saturated carbocycles. The van der Waals surface area contributed by atoms with Crippen LogP contribution in [0, 0.1) is 11.8 Å². The molecule has 6 N–H and O–H groups in total. The second-order valence-electron chi connectivity index (χ2n) is 5.47. The van der Waals surface area contributed by atoms with E-state index < -0.39 is 35.5 Å². The van der Waals surface area contributed by atoms with E-state index in [9.17, 15) is 9.59 Å². The molecule has 2 amide bonds. The van der Waals surface area contributed by atoms with Crippen LogP contribution >= 0.6 is 0 Å². The summed E-state index contributed by atoms with van der Waals surface area (Å²) in [5, 5.41) is 47.5. The average molecular weight is 320 g/mol. The van der Waals surface area contributed by atoms with Gasteiger partial charge >= 0.3 is 0 Å². The van der Waals surface area contributed by atoms with Crippen LogP contribution < -0.4 is 10.6 Å². The number of carbonyl (C=O) groups is 2. The Labute approximate surface area is 128 Å². The summed E-state index contributed by atoms with van der Waals surface area (Å²) in [6, 6.07) is 0. The zero-order chi connectivity index (χ0) is 17.6. The quantitative estimate of drug-likeness (QED) is 0.229. The standard InChI is InChI=1S/C12H24N4O6/c1-7(9(17)15-11(3,19)20)5-13-14-6-8(2)10(18)16-12(4,21)22/h7-8,19-22H,5-6H2,1-4H3,(H,15,17)(H,16,18). The molecule has 128 valence electrons. The molecule has 0 rings (SSSR count). The van der Waals surface area contributed by atoms with Crippen molar-refractivity contribution in [2.75, 3.05) is 13.1 Å². The molecule has 0 aliphatic carbocycles. The Bertz CT molecular complexity index is 375. The van der Waals surface area contributed by atoms with E-state index in [0.29, 0.717) is 0 Å². The van der Waals surface area contributed by atoms with Crippen LogP contribution in [0.2, 0.25) is 0 Å². The maximum atomic E-state index is 11.5. The molecule has 22 heavy (non-hydrogen) atoms. The Morgan fingerprint density at radius 3 is 1.36 bits per heavy atom. The number of nitrogens with zero attached hydrogens (tertiary/aromatic N) is 2. The molecule has 10 nitrogen and oxygen atoms in total. The Balaban J connectivity index is 4.19. The minimum Gasteiger partial charge on any atom is -0.349 e. The maximum Gasteiger partial charge on any atom is 0.243 e. The number of hydrogen-bond donors (Lipinski definition) is 6. The first-order chi connectivity index (χ1) is 9.82. The van der Waals surface area contributed by atoms with E-state index in [1.165, 1.54) is 13.8 Å². The molecule has 0 aliphatic rings. The highest BCUT2D eigenvalue weighted by molar-refractivity contribution is 5.79. The van der Waals surface area contributed by atoms with Crippen molar-refractivity contribution in [3.63, 3.8) is 0 Å². The van der Waals surface area contributed by atoms with Crippen molar-refractivity contribution in [3.05, 3.63) is 0 Å². The largest absolute Gasteiger partial charge is 0.349 e. The van der Waals surface area contributed by atoms with E-state index >= 15 is 0 Å². The molecule has 0 aromatic heterocycles. The van der Waals surface area contributed by atoms with Crippen molar-refractivity contribution >= 4 is 11.8 Å². The first-order valence-corrected chi connectivity index (χ1v) is 6.68. The fourth-order valence-corrected chi connectivity index (χ4v) is 1.24. The van der Waals surface area contributed by atoms with Crippen LogP contribution in [0.3, 0.4) is 0 Å². The average Bonchev–Trinajstić information content (AvgIpc) is 2.29. The summed E-state index contributed by atoms with van der Waals surface area (Å²) < 4.78 is 0. The summed E-state index contributed by atoms with van der Waals surface area (Å²) in [5.74, 6) is -7.07. The number of nitrogens with one attached hydrogen (secondary N) is 2. The van der Waals surface area contributed by atoms with E-state index in [-0.39, 0.29) is 13.1 Å². The fraction of sp³-hybridized carbons (Fsp3) is 0.833. The van der Waals surface area contributed by atoms with E-state index in [4.69, 9.17) is 20.4 Å². The van der Waals surface area contributed by atoms with Gasteiger partial charge in [0.15, 0.2) is 0 Å². The first-order valence-electron chi connectivity index (χ1n) is 6.68. The topological polar surface area (TPSA) is 164 Å². The van der Waals surface area contributed by atoms with Gasteiger partial charge in [-0.05, 0) is 0 Å². The van der Waals surface area contributed by atoms with Crippen molar-refractivity contribution in [1.82, 2.24) is 10.6 Å². The lowest BCUT2D eigenvalue weighted by molar-refractivity contribution is -0.181. The van der Waals surface area contributed by atoms with Gasteiger partial charge in [-0.1, -0.05) is 13.8 Å². The lowest BCUT2D eigenvalue weighted by Crippen LogP contribution is -2.48. The van der Waals surface area contributed by atoms with E-state index in [0.717, 1.165) is 13.8 Å². The molecule has 0 fully saturated rings. The second kappa shape index (κ2) is 8.13. The summed E-state index contributed by atoms with van der Waals surface area (Å²) in [6.45, 7) is 5.09. The Morgan fingerprint density at radius 1 is 0.864 bits per heavy atom. The molecule has 0 spiro atoms. The summed E-state index contributed by atoms with van der Waals surface area (Å²) in [5.41, 5.74) is 0. The summed E-state index contributed by atoms with van der Waals surface area (Å²) in [7, 11) is 0. The van der Waals surface area contributed by atoms with Gasteiger partial charge in [-0.15, -0.1) is 0 Å². The van der Waals surface area contributed by atoms with Crippen LogP contribution in [0.15, 0.2) is 10.2 Å². The van der Waals surface area contributed by atoms with Gasteiger partial charge in [0.2, 0.25) is 23.6 Å². The van der Waals surface area contributed by atoms with Crippen molar-refractivity contribution in [2.45, 2.75) is 39.5 Å². The zero-order valence-electron chi connectivity index (χ0n) is 13.1. The summed E-state index contributed by atoms with van der Waals surface area (Å²) >= 11 is 0. The molecule has 0 heterocycles. The van der Waals surface area contributed by atoms with Crippen LogP contribution in [0.1, 0.15) is 27.7 Å². The third-order valence-electron chi connectivity index (χ3n) is 2.43. The predicted octanol–water partition coefficient (Wildman–Crippen LogP) is -1.74. The van der Waals surface area contributed by atoms with Gasteiger partial charge in [0.25, 0.3) is 0 Å². The number of azo groups is 1. The van der Waals surface area contributed by atoms with Crippen molar-refractivity contribution in [3.8, 4) is 0 Å². The van der Waals surface area contributed by atoms with Gasteiger partial charge in [0, 0.05) is 13.8 Å². The van der Waals surface area contributed by atoms with Gasteiger partial charge in [-0.25, -0.2) is 0 Å². The second-order valence-corrected chi connectivity index (χ2v) is 5.47. The van der Waals surface area contributed by atoms with Crippen molar-refractivity contribution in [1.29, 1.82) is 0 Å². The van der Waals surface area contributed by atoms with E-state index in [1.54, 1.807) is 0 Å². The van der Waals surface area contributed by atoms with Crippen LogP contribution in [0.25, 0.3) is 0 Å². The molecule has 0 aromatic carbocycles. The SMILES string of the molecule is CC(CN=NCC(C)C(=O)NC(C)(O)O)C(=O)NC(C)(O)O. The van der Waals surface area contributed by atoms with Crippen LogP contribution in [-0.2, 0) is 9.59 Å². The molecule has 0 radical (unpaired) electrons. The highest BCUT2D eigenvalue weighted by Gasteiger charge is 2.23. The third-order valence-corrected chi connectivity index (χ3v) is 2.43. The van der Waals surface area contributed by atoms with Gasteiger partial charge in [0.05, 0.1) is 24.9 Å². The van der Waals surface area contributed by atoms with Crippen molar-refractivity contribution in [2.24, 2.45) is 22.1 Å². The van der Waals surface area contributed by atoms with Crippen LogP contribution in [0.4, 0.5) is 0 Å². The van der Waals surface area contributed by atoms with Crippen LogP contribution in [0.5, 0.6) is 0 Å².